The largest absolute Gasteiger partial charge is 0.383 e. The van der Waals surface area contributed by atoms with E-state index in [0.29, 0.717) is 11.7 Å². The standard InChI is InChI=1S/C19H28N4S/c1-3-23(4-2)13-7-5-6-12(10-13)14-8-9-15-16(14)17-18(20)21-11-22-19(17)24-15/h11-14H,3-10H2,1-2H3,(H2,20,21,22)/t12?,13-,14?/m0/s1. The molecule has 0 spiro atoms. The molecule has 0 aliphatic heterocycles. The molecule has 2 aliphatic carbocycles. The second kappa shape index (κ2) is 6.60. The van der Waals surface area contributed by atoms with E-state index < -0.39 is 0 Å². The van der Waals surface area contributed by atoms with E-state index in [0.717, 1.165) is 16.8 Å². The van der Waals surface area contributed by atoms with Crippen LogP contribution in [-0.2, 0) is 6.42 Å². The minimum Gasteiger partial charge on any atom is -0.383 e. The van der Waals surface area contributed by atoms with Gasteiger partial charge in [0.1, 0.15) is 17.0 Å². The zero-order chi connectivity index (χ0) is 16.7. The summed E-state index contributed by atoms with van der Waals surface area (Å²) in [5.74, 6) is 2.14. The first-order valence-electron chi connectivity index (χ1n) is 9.48. The van der Waals surface area contributed by atoms with Crippen molar-refractivity contribution in [3.05, 3.63) is 16.8 Å². The molecule has 0 saturated heterocycles. The molecule has 2 aliphatic rings. The Hall–Kier alpha value is -1.20. The van der Waals surface area contributed by atoms with Crippen LogP contribution in [0.15, 0.2) is 6.33 Å². The Labute approximate surface area is 148 Å². The molecule has 1 fully saturated rings. The van der Waals surface area contributed by atoms with Crippen molar-refractivity contribution >= 4 is 27.4 Å². The Balaban J connectivity index is 1.64. The van der Waals surface area contributed by atoms with Gasteiger partial charge in [0, 0.05) is 10.9 Å². The zero-order valence-corrected chi connectivity index (χ0v) is 15.6. The minimum atomic E-state index is 0.667. The third-order valence-corrected chi connectivity index (χ3v) is 7.44. The van der Waals surface area contributed by atoms with Crippen molar-refractivity contribution in [3.63, 3.8) is 0 Å². The fourth-order valence-electron chi connectivity index (χ4n) is 5.14. The van der Waals surface area contributed by atoms with Gasteiger partial charge in [-0.2, -0.15) is 0 Å². The summed E-state index contributed by atoms with van der Waals surface area (Å²) in [5.41, 5.74) is 7.74. The lowest BCUT2D eigenvalue weighted by Crippen LogP contribution is -2.39. The van der Waals surface area contributed by atoms with Crippen LogP contribution in [0, 0.1) is 5.92 Å². The number of aryl methyl sites for hydroxylation is 1. The number of thiophene rings is 1. The maximum Gasteiger partial charge on any atom is 0.135 e. The predicted molar refractivity (Wildman–Crippen MR) is 102 cm³/mol. The molecule has 130 valence electrons. The van der Waals surface area contributed by atoms with E-state index in [2.05, 4.69) is 28.7 Å². The zero-order valence-electron chi connectivity index (χ0n) is 14.8. The molecule has 0 radical (unpaired) electrons. The number of anilines is 1. The fraction of sp³-hybridized carbons (Fsp3) is 0.684. The topological polar surface area (TPSA) is 55.0 Å². The summed E-state index contributed by atoms with van der Waals surface area (Å²) in [6, 6.07) is 0.765. The highest BCUT2D eigenvalue weighted by atomic mass is 32.1. The first kappa shape index (κ1) is 16.3. The van der Waals surface area contributed by atoms with Crippen molar-refractivity contribution in [1.82, 2.24) is 14.9 Å². The normalized spacial score (nSPS) is 27.0. The summed E-state index contributed by atoms with van der Waals surface area (Å²) in [6.45, 7) is 6.94. The van der Waals surface area contributed by atoms with Gasteiger partial charge in [-0.1, -0.05) is 20.3 Å². The van der Waals surface area contributed by atoms with Gasteiger partial charge in [0.15, 0.2) is 0 Å². The Kier molecular flexibility index (Phi) is 4.48. The van der Waals surface area contributed by atoms with Crippen molar-refractivity contribution in [1.29, 1.82) is 0 Å². The molecule has 3 atom stereocenters. The number of hydrogen-bond donors (Lipinski definition) is 1. The van der Waals surface area contributed by atoms with E-state index in [1.165, 1.54) is 67.4 Å². The van der Waals surface area contributed by atoms with Crippen LogP contribution < -0.4 is 5.73 Å². The average molecular weight is 345 g/mol. The second-order valence-electron chi connectivity index (χ2n) is 7.32. The maximum atomic E-state index is 6.23. The van der Waals surface area contributed by atoms with Gasteiger partial charge in [0.05, 0.1) is 5.39 Å². The monoisotopic (exact) mass is 344 g/mol. The van der Waals surface area contributed by atoms with E-state index in [-0.39, 0.29) is 0 Å². The molecular formula is C19H28N4S. The van der Waals surface area contributed by atoms with Crippen LogP contribution in [0.4, 0.5) is 5.82 Å². The number of rotatable bonds is 4. The number of nitrogens with two attached hydrogens (primary N) is 1. The van der Waals surface area contributed by atoms with Gasteiger partial charge in [0.2, 0.25) is 0 Å². The summed E-state index contributed by atoms with van der Waals surface area (Å²) >= 11 is 1.84. The number of hydrogen-bond acceptors (Lipinski definition) is 5. The van der Waals surface area contributed by atoms with Crippen LogP contribution in [0.3, 0.4) is 0 Å². The molecule has 2 heterocycles. The van der Waals surface area contributed by atoms with E-state index in [4.69, 9.17) is 5.73 Å². The molecular weight excluding hydrogens is 316 g/mol. The van der Waals surface area contributed by atoms with Crippen molar-refractivity contribution in [2.45, 2.75) is 64.3 Å². The Morgan fingerprint density at radius 2 is 2.04 bits per heavy atom. The number of nitrogen functional groups attached to an aromatic ring is 1. The van der Waals surface area contributed by atoms with E-state index in [1.807, 2.05) is 11.3 Å². The van der Waals surface area contributed by atoms with Crippen LogP contribution in [0.25, 0.3) is 10.2 Å². The summed E-state index contributed by atoms with van der Waals surface area (Å²) in [6.07, 6.45) is 9.55. The van der Waals surface area contributed by atoms with Crippen LogP contribution in [0.1, 0.15) is 62.3 Å². The van der Waals surface area contributed by atoms with Crippen molar-refractivity contribution in [3.8, 4) is 0 Å². The Bertz CT molecular complexity index is 721. The lowest BCUT2D eigenvalue weighted by atomic mass is 9.75. The fourth-order valence-corrected chi connectivity index (χ4v) is 6.38. The smallest absolute Gasteiger partial charge is 0.135 e. The maximum absolute atomic E-state index is 6.23. The number of nitrogens with zero attached hydrogens (tertiary/aromatic N) is 3. The highest BCUT2D eigenvalue weighted by Crippen LogP contribution is 2.50. The number of aromatic nitrogens is 2. The predicted octanol–water partition coefficient (Wildman–Crippen LogP) is 4.20. The first-order valence-corrected chi connectivity index (χ1v) is 10.3. The Morgan fingerprint density at radius 1 is 1.21 bits per heavy atom. The van der Waals surface area contributed by atoms with Crippen molar-refractivity contribution in [2.75, 3.05) is 18.8 Å². The lowest BCUT2D eigenvalue weighted by Gasteiger charge is -2.39. The van der Waals surface area contributed by atoms with Gasteiger partial charge < -0.3 is 10.6 Å². The summed E-state index contributed by atoms with van der Waals surface area (Å²) in [7, 11) is 0. The third-order valence-electron chi connectivity index (χ3n) is 6.27. The lowest BCUT2D eigenvalue weighted by molar-refractivity contribution is 0.131. The molecule has 2 N–H and O–H groups in total. The molecule has 1 saturated carbocycles. The third kappa shape index (κ3) is 2.62. The van der Waals surface area contributed by atoms with Gasteiger partial charge in [-0.25, -0.2) is 9.97 Å². The Morgan fingerprint density at radius 3 is 2.83 bits per heavy atom. The summed E-state index contributed by atoms with van der Waals surface area (Å²) < 4.78 is 0. The van der Waals surface area contributed by atoms with Crippen LogP contribution in [-0.4, -0.2) is 34.0 Å². The molecule has 0 amide bonds. The molecule has 4 rings (SSSR count). The van der Waals surface area contributed by atoms with E-state index in [1.54, 1.807) is 6.33 Å². The molecule has 24 heavy (non-hydrogen) atoms. The van der Waals surface area contributed by atoms with Gasteiger partial charge in [-0.15, -0.1) is 11.3 Å². The molecule has 2 aromatic heterocycles. The van der Waals surface area contributed by atoms with Gasteiger partial charge in [-0.3, -0.25) is 0 Å². The summed E-state index contributed by atoms with van der Waals surface area (Å²) in [5, 5.41) is 1.17. The minimum absolute atomic E-state index is 0.667. The molecule has 5 heteroatoms. The van der Waals surface area contributed by atoms with E-state index >= 15 is 0 Å². The van der Waals surface area contributed by atoms with Crippen LogP contribution >= 0.6 is 11.3 Å². The molecule has 0 bridgehead atoms. The van der Waals surface area contributed by atoms with Gasteiger partial charge in [-0.05, 0) is 62.6 Å². The SMILES string of the molecule is CCN(CC)[C@H]1CCCC(C2CCc3sc4ncnc(N)c4c32)C1. The highest BCUT2D eigenvalue weighted by molar-refractivity contribution is 7.19. The molecule has 2 unspecified atom stereocenters. The molecule has 4 nitrogen and oxygen atoms in total. The quantitative estimate of drug-likeness (QED) is 0.903. The van der Waals surface area contributed by atoms with E-state index in [9.17, 15) is 0 Å². The van der Waals surface area contributed by atoms with Crippen LogP contribution in [0.5, 0.6) is 0 Å². The van der Waals surface area contributed by atoms with Gasteiger partial charge >= 0.3 is 0 Å². The van der Waals surface area contributed by atoms with Crippen molar-refractivity contribution in [2.24, 2.45) is 5.92 Å². The van der Waals surface area contributed by atoms with Gasteiger partial charge in [0.25, 0.3) is 0 Å². The highest BCUT2D eigenvalue weighted by Gasteiger charge is 2.37. The molecule has 0 aromatic carbocycles. The first-order chi connectivity index (χ1) is 11.7. The summed E-state index contributed by atoms with van der Waals surface area (Å²) in [4.78, 5) is 14.0. The molecule has 2 aromatic rings. The van der Waals surface area contributed by atoms with Crippen molar-refractivity contribution < 1.29 is 0 Å². The average Bonchev–Trinajstić information content (AvgIpc) is 3.15. The van der Waals surface area contributed by atoms with Crippen LogP contribution in [0.2, 0.25) is 0 Å². The second-order valence-corrected chi connectivity index (χ2v) is 8.41. The number of fused-ring (bicyclic) bond motifs is 3.